The maximum Gasteiger partial charge on any atom is 0.232 e. The highest BCUT2D eigenvalue weighted by Crippen LogP contribution is 2.25. The molecule has 0 N–H and O–H groups in total. The van der Waals surface area contributed by atoms with Gasteiger partial charge in [-0.1, -0.05) is 26.7 Å². The van der Waals surface area contributed by atoms with Crippen LogP contribution in [0.1, 0.15) is 37.9 Å². The minimum absolute atomic E-state index is 0.128. The second-order valence-corrected chi connectivity index (χ2v) is 4.11. The Kier molecular flexibility index (Phi) is 4.47. The van der Waals surface area contributed by atoms with Crippen molar-refractivity contribution in [2.24, 2.45) is 0 Å². The summed E-state index contributed by atoms with van der Waals surface area (Å²) < 4.78 is 0. The summed E-state index contributed by atoms with van der Waals surface area (Å²) >= 11 is 0. The lowest BCUT2D eigenvalue weighted by molar-refractivity contribution is -0.117. The number of carbonyl (C=O) groups is 1. The van der Waals surface area contributed by atoms with Gasteiger partial charge in [-0.05, 0) is 18.6 Å². The highest BCUT2D eigenvalue weighted by Gasteiger charge is 2.24. The molecule has 0 radical (unpaired) electrons. The van der Waals surface area contributed by atoms with Crippen LogP contribution in [0.4, 0.5) is 5.69 Å². The molecule has 16 heavy (non-hydrogen) atoms. The normalized spacial score (nSPS) is 13.2. The first-order valence-corrected chi connectivity index (χ1v) is 5.82. The van der Waals surface area contributed by atoms with E-state index in [0.717, 1.165) is 16.9 Å². The maximum absolute atomic E-state index is 11.2. The van der Waals surface area contributed by atoms with Gasteiger partial charge in [-0.25, -0.2) is 0 Å². The minimum atomic E-state index is 0.128. The number of carbonyl (C=O) groups excluding carboxylic acids is 1. The molecule has 1 aliphatic heterocycles. The third-order valence-corrected chi connectivity index (χ3v) is 2.64. The lowest BCUT2D eigenvalue weighted by Gasteiger charge is -2.09. The average molecular weight is 220 g/mol. The van der Waals surface area contributed by atoms with E-state index >= 15 is 0 Å². The first-order chi connectivity index (χ1) is 7.60. The molecule has 1 aromatic rings. The first kappa shape index (κ1) is 12.7. The number of fused-ring (bicyclic) bond motifs is 1. The molecule has 88 valence electrons. The summed E-state index contributed by atoms with van der Waals surface area (Å²) in [6.45, 7) is 6.34. The molecule has 3 nitrogen and oxygen atoms in total. The number of hydrogen-bond acceptors (Lipinski definition) is 2. The third kappa shape index (κ3) is 2.81. The zero-order valence-corrected chi connectivity index (χ0v) is 10.6. The minimum Gasteiger partial charge on any atom is -0.313 e. The summed E-state index contributed by atoms with van der Waals surface area (Å²) in [5, 5.41) is 0. The molecule has 1 aromatic heterocycles. The van der Waals surface area contributed by atoms with Gasteiger partial charge < -0.3 is 4.90 Å². The van der Waals surface area contributed by atoms with E-state index in [1.54, 1.807) is 18.1 Å². The van der Waals surface area contributed by atoms with E-state index in [2.05, 4.69) is 18.8 Å². The monoisotopic (exact) mass is 220 g/mol. The second-order valence-electron chi connectivity index (χ2n) is 4.11. The quantitative estimate of drug-likeness (QED) is 0.729. The van der Waals surface area contributed by atoms with E-state index in [-0.39, 0.29) is 5.91 Å². The number of aryl methyl sites for hydroxylation is 1. The van der Waals surface area contributed by atoms with Crippen LogP contribution >= 0.6 is 0 Å². The standard InChI is InChI=1S/C9H10N2O.C4H10/c1-6-3-8-7(10-5-6)4-9(12)11(8)2;1-3-4-2/h3,5H,4H2,1-2H3;3-4H2,1-2H3. The van der Waals surface area contributed by atoms with Crippen LogP contribution in [0.5, 0.6) is 0 Å². The molecule has 3 heteroatoms. The number of rotatable bonds is 1. The molecule has 0 aliphatic carbocycles. The van der Waals surface area contributed by atoms with Crippen LogP contribution in [-0.4, -0.2) is 17.9 Å². The summed E-state index contributed by atoms with van der Waals surface area (Å²) in [7, 11) is 1.79. The van der Waals surface area contributed by atoms with Gasteiger partial charge in [0.05, 0.1) is 17.8 Å². The molecule has 0 saturated heterocycles. The van der Waals surface area contributed by atoms with Crippen molar-refractivity contribution in [2.75, 3.05) is 11.9 Å². The average Bonchev–Trinajstić information content (AvgIpc) is 2.56. The molecule has 0 unspecified atom stereocenters. The van der Waals surface area contributed by atoms with Crippen molar-refractivity contribution in [3.63, 3.8) is 0 Å². The van der Waals surface area contributed by atoms with Gasteiger partial charge in [0, 0.05) is 13.2 Å². The number of unbranched alkanes of at least 4 members (excludes halogenated alkanes) is 1. The van der Waals surface area contributed by atoms with Crippen molar-refractivity contribution in [3.8, 4) is 0 Å². The number of anilines is 1. The Balaban J connectivity index is 0.000000280. The summed E-state index contributed by atoms with van der Waals surface area (Å²) in [5.74, 6) is 0.128. The van der Waals surface area contributed by atoms with Gasteiger partial charge in [0.25, 0.3) is 0 Å². The molecule has 2 rings (SSSR count). The fraction of sp³-hybridized carbons (Fsp3) is 0.538. The van der Waals surface area contributed by atoms with Crippen LogP contribution in [0.25, 0.3) is 0 Å². The molecule has 0 fully saturated rings. The predicted molar refractivity (Wildman–Crippen MR) is 66.7 cm³/mol. The Hall–Kier alpha value is -1.38. The SMILES string of the molecule is CCCC.Cc1cnc2c(c1)N(C)C(=O)C2. The highest BCUT2D eigenvalue weighted by atomic mass is 16.2. The van der Waals surface area contributed by atoms with Crippen LogP contribution in [0.2, 0.25) is 0 Å². The molecule has 0 bridgehead atoms. The van der Waals surface area contributed by atoms with Crippen molar-refractivity contribution in [2.45, 2.75) is 40.0 Å². The van der Waals surface area contributed by atoms with Crippen molar-refractivity contribution < 1.29 is 4.79 Å². The van der Waals surface area contributed by atoms with Crippen LogP contribution < -0.4 is 4.90 Å². The zero-order chi connectivity index (χ0) is 12.1. The van der Waals surface area contributed by atoms with Gasteiger partial charge >= 0.3 is 0 Å². The van der Waals surface area contributed by atoms with Gasteiger partial charge in [0.2, 0.25) is 5.91 Å². The Morgan fingerprint density at radius 3 is 2.56 bits per heavy atom. The lowest BCUT2D eigenvalue weighted by atomic mass is 10.2. The van der Waals surface area contributed by atoms with Crippen LogP contribution in [-0.2, 0) is 11.2 Å². The number of nitrogens with zero attached hydrogens (tertiary/aromatic N) is 2. The Morgan fingerprint density at radius 1 is 1.38 bits per heavy atom. The fourth-order valence-electron chi connectivity index (χ4n) is 1.40. The topological polar surface area (TPSA) is 33.2 Å². The van der Waals surface area contributed by atoms with E-state index < -0.39 is 0 Å². The molecule has 0 saturated carbocycles. The first-order valence-electron chi connectivity index (χ1n) is 5.82. The summed E-state index contributed by atoms with van der Waals surface area (Å²) in [5.41, 5.74) is 2.95. The number of likely N-dealkylation sites (N-methyl/N-ethyl adjacent to an activating group) is 1. The molecular weight excluding hydrogens is 200 g/mol. The van der Waals surface area contributed by atoms with Crippen molar-refractivity contribution in [1.82, 2.24) is 4.98 Å². The van der Waals surface area contributed by atoms with Gasteiger partial charge in [0.15, 0.2) is 0 Å². The highest BCUT2D eigenvalue weighted by molar-refractivity contribution is 6.00. The Labute approximate surface area is 97.5 Å². The zero-order valence-electron chi connectivity index (χ0n) is 10.6. The number of pyridine rings is 1. The summed E-state index contributed by atoms with van der Waals surface area (Å²) in [4.78, 5) is 17.1. The Morgan fingerprint density at radius 2 is 2.00 bits per heavy atom. The van der Waals surface area contributed by atoms with Crippen LogP contribution in [0, 0.1) is 6.92 Å². The van der Waals surface area contributed by atoms with Crippen molar-refractivity contribution in [1.29, 1.82) is 0 Å². The smallest absolute Gasteiger partial charge is 0.232 e. The van der Waals surface area contributed by atoms with Crippen LogP contribution in [0.3, 0.4) is 0 Å². The largest absolute Gasteiger partial charge is 0.313 e. The summed E-state index contributed by atoms with van der Waals surface area (Å²) in [6.07, 6.45) is 4.89. The Bertz CT molecular complexity index is 372. The number of hydrogen-bond donors (Lipinski definition) is 0. The van der Waals surface area contributed by atoms with Gasteiger partial charge in [-0.2, -0.15) is 0 Å². The molecule has 2 heterocycles. The third-order valence-electron chi connectivity index (χ3n) is 2.64. The van der Waals surface area contributed by atoms with Gasteiger partial charge in [-0.3, -0.25) is 9.78 Å². The van der Waals surface area contributed by atoms with Crippen LogP contribution in [0.15, 0.2) is 12.3 Å². The van der Waals surface area contributed by atoms with Gasteiger partial charge in [-0.15, -0.1) is 0 Å². The summed E-state index contributed by atoms with van der Waals surface area (Å²) in [6, 6.07) is 1.99. The molecule has 0 spiro atoms. The van der Waals surface area contributed by atoms with E-state index in [0.29, 0.717) is 6.42 Å². The molecule has 1 aliphatic rings. The van der Waals surface area contributed by atoms with E-state index in [4.69, 9.17) is 0 Å². The van der Waals surface area contributed by atoms with E-state index in [1.807, 2.05) is 13.0 Å². The van der Waals surface area contributed by atoms with E-state index in [1.165, 1.54) is 12.8 Å². The molecular formula is C13H20N2O. The maximum atomic E-state index is 11.2. The predicted octanol–water partition coefficient (Wildman–Crippen LogP) is 2.72. The number of aromatic nitrogens is 1. The lowest BCUT2D eigenvalue weighted by Crippen LogP contribution is -2.20. The molecule has 0 atom stereocenters. The van der Waals surface area contributed by atoms with E-state index in [9.17, 15) is 4.79 Å². The fourth-order valence-corrected chi connectivity index (χ4v) is 1.40. The molecule has 1 amide bonds. The van der Waals surface area contributed by atoms with Crippen molar-refractivity contribution in [3.05, 3.63) is 23.5 Å². The molecule has 0 aromatic carbocycles. The second kappa shape index (κ2) is 5.64. The van der Waals surface area contributed by atoms with Gasteiger partial charge in [0.1, 0.15) is 0 Å². The van der Waals surface area contributed by atoms with Crippen molar-refractivity contribution >= 4 is 11.6 Å². The number of amides is 1.